The second-order valence-electron chi connectivity index (χ2n) is 2.46. The molecule has 0 aliphatic heterocycles. The molecule has 1 rings (SSSR count). The van der Waals surface area contributed by atoms with E-state index in [1.54, 1.807) is 0 Å². The first-order chi connectivity index (χ1) is 5.52. The Balaban J connectivity index is 3.37. The summed E-state index contributed by atoms with van der Waals surface area (Å²) in [6.07, 6.45) is 0. The number of nitrogens with two attached hydrogens (primary N) is 1. The van der Waals surface area contributed by atoms with Crippen LogP contribution in [0.2, 0.25) is 5.02 Å². The number of ketones is 1. The van der Waals surface area contributed by atoms with E-state index in [1.165, 1.54) is 19.1 Å². The Kier molecular flexibility index (Phi) is 2.24. The molecule has 0 aliphatic rings. The third-order valence-electron chi connectivity index (χ3n) is 1.46. The van der Waals surface area contributed by atoms with Crippen molar-refractivity contribution in [2.45, 2.75) is 6.92 Å². The summed E-state index contributed by atoms with van der Waals surface area (Å²) in [6, 6.07) is 2.74. The number of phenolic OH excluding ortho intramolecular Hbond substituents is 1. The molecule has 0 unspecified atom stereocenters. The molecule has 12 heavy (non-hydrogen) atoms. The number of aromatic hydroxyl groups is 1. The maximum Gasteiger partial charge on any atom is 0.161 e. The minimum atomic E-state index is -0.220. The maximum absolute atomic E-state index is 10.9. The number of rotatable bonds is 1. The van der Waals surface area contributed by atoms with Gasteiger partial charge in [-0.3, -0.25) is 4.79 Å². The number of halogens is 1. The normalized spacial score (nSPS) is 9.83. The number of anilines is 1. The van der Waals surface area contributed by atoms with E-state index in [2.05, 4.69) is 0 Å². The molecule has 4 heteroatoms. The quantitative estimate of drug-likeness (QED) is 0.518. The molecule has 0 amide bonds. The molecule has 0 aliphatic carbocycles. The Bertz CT molecular complexity index is 336. The number of carbonyl (C=O) groups is 1. The Morgan fingerprint density at radius 1 is 1.58 bits per heavy atom. The molecule has 1 aromatic rings. The van der Waals surface area contributed by atoms with Gasteiger partial charge in [-0.2, -0.15) is 0 Å². The third kappa shape index (κ3) is 1.51. The van der Waals surface area contributed by atoms with Crippen molar-refractivity contribution in [3.63, 3.8) is 0 Å². The van der Waals surface area contributed by atoms with Crippen LogP contribution >= 0.6 is 11.6 Å². The van der Waals surface area contributed by atoms with Crippen LogP contribution in [-0.4, -0.2) is 10.9 Å². The van der Waals surface area contributed by atoms with E-state index in [4.69, 9.17) is 22.4 Å². The highest BCUT2D eigenvalue weighted by atomic mass is 35.5. The number of nitrogen functional groups attached to an aromatic ring is 1. The molecule has 0 radical (unpaired) electrons. The van der Waals surface area contributed by atoms with Crippen molar-refractivity contribution in [2.75, 3.05) is 5.73 Å². The number of benzene rings is 1. The molecule has 0 saturated heterocycles. The summed E-state index contributed by atoms with van der Waals surface area (Å²) in [6.45, 7) is 1.36. The zero-order valence-electron chi connectivity index (χ0n) is 6.47. The lowest BCUT2D eigenvalue weighted by atomic mass is 10.1. The van der Waals surface area contributed by atoms with E-state index in [9.17, 15) is 4.79 Å². The van der Waals surface area contributed by atoms with Crippen molar-refractivity contribution >= 4 is 23.1 Å². The smallest absolute Gasteiger partial charge is 0.161 e. The van der Waals surface area contributed by atoms with Crippen molar-refractivity contribution in [3.05, 3.63) is 22.7 Å². The summed E-state index contributed by atoms with van der Waals surface area (Å²) in [5, 5.41) is 9.22. The topological polar surface area (TPSA) is 63.3 Å². The average molecular weight is 186 g/mol. The molecule has 1 aromatic carbocycles. The summed E-state index contributed by atoms with van der Waals surface area (Å²) in [7, 11) is 0. The summed E-state index contributed by atoms with van der Waals surface area (Å²) in [5.74, 6) is -0.385. The largest absolute Gasteiger partial charge is 0.506 e. The fraction of sp³-hybridized carbons (Fsp3) is 0.125. The van der Waals surface area contributed by atoms with Crippen molar-refractivity contribution in [1.82, 2.24) is 0 Å². The molecule has 0 fully saturated rings. The van der Waals surface area contributed by atoms with Crippen LogP contribution in [0.3, 0.4) is 0 Å². The van der Waals surface area contributed by atoms with E-state index >= 15 is 0 Å². The van der Waals surface area contributed by atoms with Gasteiger partial charge in [-0.15, -0.1) is 0 Å². The highest BCUT2D eigenvalue weighted by Crippen LogP contribution is 2.29. The van der Waals surface area contributed by atoms with Gasteiger partial charge in [0.1, 0.15) is 5.75 Å². The van der Waals surface area contributed by atoms with Gasteiger partial charge >= 0.3 is 0 Å². The van der Waals surface area contributed by atoms with Crippen molar-refractivity contribution in [3.8, 4) is 5.75 Å². The van der Waals surface area contributed by atoms with Gasteiger partial charge < -0.3 is 10.8 Å². The van der Waals surface area contributed by atoms with Crippen LogP contribution in [0.25, 0.3) is 0 Å². The molecule has 0 heterocycles. The lowest BCUT2D eigenvalue weighted by Crippen LogP contribution is -1.96. The predicted molar refractivity (Wildman–Crippen MR) is 47.5 cm³/mol. The number of Topliss-reactive ketones (excluding diaryl/α,β-unsaturated/α-hetero) is 1. The molecule has 0 bridgehead atoms. The lowest BCUT2D eigenvalue weighted by molar-refractivity contribution is 0.101. The SMILES string of the molecule is CC(=O)c1cc(N)cc(O)c1Cl. The first-order valence-corrected chi connectivity index (χ1v) is 3.69. The second-order valence-corrected chi connectivity index (χ2v) is 2.84. The highest BCUT2D eigenvalue weighted by Gasteiger charge is 2.10. The van der Waals surface area contributed by atoms with E-state index in [-0.39, 0.29) is 22.1 Å². The van der Waals surface area contributed by atoms with E-state index in [0.717, 1.165) is 0 Å². The van der Waals surface area contributed by atoms with Gasteiger partial charge in [0, 0.05) is 17.3 Å². The van der Waals surface area contributed by atoms with Crippen molar-refractivity contribution < 1.29 is 9.90 Å². The standard InChI is InChI=1S/C8H8ClNO2/c1-4(11)6-2-5(10)3-7(12)8(6)9/h2-3,12H,10H2,1H3. The Labute approximate surface area is 74.8 Å². The van der Waals surface area contributed by atoms with Gasteiger partial charge in [-0.1, -0.05) is 11.6 Å². The zero-order chi connectivity index (χ0) is 9.30. The van der Waals surface area contributed by atoms with Crippen LogP contribution in [0, 0.1) is 0 Å². The molecule has 3 nitrogen and oxygen atoms in total. The van der Waals surface area contributed by atoms with Crippen LogP contribution in [0.4, 0.5) is 5.69 Å². The predicted octanol–water partition coefficient (Wildman–Crippen LogP) is 1.83. The summed E-state index contributed by atoms with van der Waals surface area (Å²) >= 11 is 5.63. The first-order valence-electron chi connectivity index (χ1n) is 3.31. The summed E-state index contributed by atoms with van der Waals surface area (Å²) in [5.41, 5.74) is 5.96. The van der Waals surface area contributed by atoms with Crippen LogP contribution in [-0.2, 0) is 0 Å². The number of carbonyl (C=O) groups excluding carboxylic acids is 1. The maximum atomic E-state index is 10.9. The molecular weight excluding hydrogens is 178 g/mol. The Morgan fingerprint density at radius 3 is 2.67 bits per heavy atom. The molecule has 3 N–H and O–H groups in total. The summed E-state index contributed by atoms with van der Waals surface area (Å²) in [4.78, 5) is 10.9. The lowest BCUT2D eigenvalue weighted by Gasteiger charge is -2.03. The van der Waals surface area contributed by atoms with Crippen LogP contribution in [0.5, 0.6) is 5.75 Å². The molecule has 0 aromatic heterocycles. The Hall–Kier alpha value is -1.22. The summed E-state index contributed by atoms with van der Waals surface area (Å²) < 4.78 is 0. The van der Waals surface area contributed by atoms with E-state index in [1.807, 2.05) is 0 Å². The van der Waals surface area contributed by atoms with Gasteiger partial charge in [0.05, 0.1) is 5.02 Å². The molecule has 64 valence electrons. The minimum Gasteiger partial charge on any atom is -0.506 e. The number of phenols is 1. The second kappa shape index (κ2) is 3.03. The van der Waals surface area contributed by atoms with E-state index in [0.29, 0.717) is 5.69 Å². The monoisotopic (exact) mass is 185 g/mol. The number of hydrogen-bond donors (Lipinski definition) is 2. The molecule has 0 atom stereocenters. The van der Waals surface area contributed by atoms with Gasteiger partial charge in [-0.05, 0) is 13.0 Å². The van der Waals surface area contributed by atoms with Gasteiger partial charge in [0.2, 0.25) is 0 Å². The van der Waals surface area contributed by atoms with Gasteiger partial charge in [0.15, 0.2) is 5.78 Å². The average Bonchev–Trinajstić information content (AvgIpc) is 1.96. The van der Waals surface area contributed by atoms with Crippen LogP contribution < -0.4 is 5.73 Å². The fourth-order valence-corrected chi connectivity index (χ4v) is 1.13. The minimum absolute atomic E-state index is 0.0525. The van der Waals surface area contributed by atoms with Crippen molar-refractivity contribution in [1.29, 1.82) is 0 Å². The van der Waals surface area contributed by atoms with Crippen LogP contribution in [0.15, 0.2) is 12.1 Å². The Morgan fingerprint density at radius 2 is 2.17 bits per heavy atom. The molecular formula is C8H8ClNO2. The van der Waals surface area contributed by atoms with Gasteiger partial charge in [-0.25, -0.2) is 0 Å². The van der Waals surface area contributed by atoms with Gasteiger partial charge in [0.25, 0.3) is 0 Å². The number of hydrogen-bond acceptors (Lipinski definition) is 3. The van der Waals surface area contributed by atoms with E-state index < -0.39 is 0 Å². The first kappa shape index (κ1) is 8.87. The zero-order valence-corrected chi connectivity index (χ0v) is 7.22. The third-order valence-corrected chi connectivity index (χ3v) is 1.85. The molecule has 0 spiro atoms. The fourth-order valence-electron chi connectivity index (χ4n) is 0.887. The van der Waals surface area contributed by atoms with Crippen LogP contribution in [0.1, 0.15) is 17.3 Å². The van der Waals surface area contributed by atoms with Crippen molar-refractivity contribution in [2.24, 2.45) is 0 Å². The molecule has 0 saturated carbocycles. The highest BCUT2D eigenvalue weighted by molar-refractivity contribution is 6.35.